The number of hydrogen-bond donors (Lipinski definition) is 0. The van der Waals surface area contributed by atoms with Crippen molar-refractivity contribution < 1.29 is 9.53 Å². The van der Waals surface area contributed by atoms with Crippen molar-refractivity contribution in [1.29, 1.82) is 0 Å². The van der Waals surface area contributed by atoms with Crippen molar-refractivity contribution in [3.63, 3.8) is 0 Å². The van der Waals surface area contributed by atoms with Gasteiger partial charge in [-0.2, -0.15) is 0 Å². The highest BCUT2D eigenvalue weighted by Crippen LogP contribution is 2.20. The van der Waals surface area contributed by atoms with Crippen LogP contribution >= 0.6 is 27.5 Å². The highest BCUT2D eigenvalue weighted by atomic mass is 79.9. The van der Waals surface area contributed by atoms with Crippen LogP contribution in [-0.4, -0.2) is 18.5 Å². The van der Waals surface area contributed by atoms with Crippen molar-refractivity contribution in [3.05, 3.63) is 34.9 Å². The molecule has 0 atom stereocenters. The molecule has 0 N–H and O–H groups in total. The fraction of sp³-hybridized carbons (Fsp3) is 0.462. The molecule has 0 aliphatic carbocycles. The van der Waals surface area contributed by atoms with Crippen molar-refractivity contribution in [2.24, 2.45) is 0 Å². The van der Waals surface area contributed by atoms with Crippen LogP contribution in [0.5, 0.6) is 0 Å². The lowest BCUT2D eigenvalue weighted by molar-refractivity contribution is 0.0525. The Kier molecular flexibility index (Phi) is 6.60. The lowest BCUT2D eigenvalue weighted by atomic mass is 9.98. The number of esters is 1. The number of hydrogen-bond acceptors (Lipinski definition) is 2. The molecule has 0 heterocycles. The van der Waals surface area contributed by atoms with Crippen molar-refractivity contribution in [3.8, 4) is 0 Å². The Morgan fingerprint density at radius 3 is 2.82 bits per heavy atom. The van der Waals surface area contributed by atoms with E-state index in [0.29, 0.717) is 18.1 Å². The summed E-state index contributed by atoms with van der Waals surface area (Å²) in [7, 11) is 0. The molecule has 0 fully saturated rings. The summed E-state index contributed by atoms with van der Waals surface area (Å²) in [5.74, 6) is 0.346. The second-order valence-corrected chi connectivity index (χ2v) is 4.53. The van der Waals surface area contributed by atoms with E-state index in [4.69, 9.17) is 16.3 Å². The van der Waals surface area contributed by atoms with Gasteiger partial charge in [0.25, 0.3) is 0 Å². The van der Waals surface area contributed by atoms with E-state index in [0.717, 1.165) is 29.3 Å². The quantitative estimate of drug-likeness (QED) is 0.586. The van der Waals surface area contributed by atoms with E-state index in [1.165, 1.54) is 0 Å². The molecule has 17 heavy (non-hydrogen) atoms. The summed E-state index contributed by atoms with van der Waals surface area (Å²) in [6.07, 6.45) is 1.66. The van der Waals surface area contributed by atoms with Crippen LogP contribution in [0.2, 0.25) is 0 Å². The third kappa shape index (κ3) is 4.00. The number of carbonyl (C=O) groups is 1. The average molecular weight is 320 g/mol. The van der Waals surface area contributed by atoms with E-state index in [9.17, 15) is 4.79 Å². The molecule has 0 aliphatic heterocycles. The van der Waals surface area contributed by atoms with Crippen LogP contribution in [-0.2, 0) is 16.5 Å². The van der Waals surface area contributed by atoms with Gasteiger partial charge in [-0.25, -0.2) is 4.79 Å². The molecule has 0 unspecified atom stereocenters. The number of halogens is 2. The van der Waals surface area contributed by atoms with E-state index in [-0.39, 0.29) is 5.97 Å². The Morgan fingerprint density at radius 1 is 1.47 bits per heavy atom. The fourth-order valence-corrected chi connectivity index (χ4v) is 2.36. The summed E-state index contributed by atoms with van der Waals surface area (Å²) in [6.45, 7) is 2.21. The number of alkyl halides is 2. The van der Waals surface area contributed by atoms with E-state index >= 15 is 0 Å². The highest BCUT2D eigenvalue weighted by molar-refractivity contribution is 9.08. The zero-order chi connectivity index (χ0) is 12.7. The van der Waals surface area contributed by atoms with Gasteiger partial charge < -0.3 is 4.74 Å². The van der Waals surface area contributed by atoms with Gasteiger partial charge in [-0.3, -0.25) is 0 Å². The third-order valence-corrected chi connectivity index (χ3v) is 3.34. The van der Waals surface area contributed by atoms with Crippen LogP contribution in [0.15, 0.2) is 18.2 Å². The van der Waals surface area contributed by atoms with E-state index in [2.05, 4.69) is 15.9 Å². The monoisotopic (exact) mass is 318 g/mol. The Hall–Kier alpha value is -0.540. The molecule has 1 aromatic rings. The third-order valence-electron chi connectivity index (χ3n) is 2.47. The normalized spacial score (nSPS) is 10.3. The predicted molar refractivity (Wildman–Crippen MR) is 74.1 cm³/mol. The summed E-state index contributed by atoms with van der Waals surface area (Å²) in [5, 5.41) is 0.734. The van der Waals surface area contributed by atoms with Crippen LogP contribution in [0.25, 0.3) is 0 Å². The van der Waals surface area contributed by atoms with Gasteiger partial charge in [0.05, 0.1) is 12.2 Å². The molecule has 1 aromatic carbocycles. The summed E-state index contributed by atoms with van der Waals surface area (Å²) >= 11 is 9.15. The minimum Gasteiger partial charge on any atom is -0.462 e. The largest absolute Gasteiger partial charge is 0.462 e. The maximum absolute atomic E-state index is 11.8. The molecule has 4 heteroatoms. The molecule has 0 spiro atoms. The Morgan fingerprint density at radius 2 is 2.24 bits per heavy atom. The topological polar surface area (TPSA) is 26.3 Å². The molecular formula is C13H16BrClO2. The second kappa shape index (κ2) is 7.72. The minimum atomic E-state index is -0.250. The van der Waals surface area contributed by atoms with Crippen LogP contribution in [0.1, 0.15) is 34.8 Å². The molecule has 0 saturated heterocycles. The average Bonchev–Trinajstić information content (AvgIpc) is 2.36. The van der Waals surface area contributed by atoms with Gasteiger partial charge in [-0.1, -0.05) is 28.1 Å². The second-order valence-electron chi connectivity index (χ2n) is 3.59. The lowest BCUT2D eigenvalue weighted by Crippen LogP contribution is -2.10. The van der Waals surface area contributed by atoms with Gasteiger partial charge in [-0.15, -0.1) is 11.6 Å². The van der Waals surface area contributed by atoms with Gasteiger partial charge in [0.15, 0.2) is 0 Å². The smallest absolute Gasteiger partial charge is 0.338 e. The molecule has 1 rings (SSSR count). The zero-order valence-electron chi connectivity index (χ0n) is 9.84. The number of benzene rings is 1. The molecule has 0 aromatic heterocycles. The van der Waals surface area contributed by atoms with Crippen molar-refractivity contribution in [2.45, 2.75) is 25.1 Å². The first kappa shape index (κ1) is 14.5. The van der Waals surface area contributed by atoms with Gasteiger partial charge in [0, 0.05) is 11.2 Å². The molecule has 0 amide bonds. The fourth-order valence-electron chi connectivity index (χ4n) is 1.70. The van der Waals surface area contributed by atoms with E-state index in [1.807, 2.05) is 25.1 Å². The predicted octanol–water partition coefficient (Wildman–Crippen LogP) is 3.93. The summed E-state index contributed by atoms with van der Waals surface area (Å²) in [4.78, 5) is 11.8. The van der Waals surface area contributed by atoms with Gasteiger partial charge in [-0.05, 0) is 37.0 Å². The van der Waals surface area contributed by atoms with Crippen molar-refractivity contribution in [2.75, 3.05) is 12.5 Å². The summed E-state index contributed by atoms with van der Waals surface area (Å²) < 4.78 is 5.06. The van der Waals surface area contributed by atoms with E-state index < -0.39 is 0 Å². The minimum absolute atomic E-state index is 0.250. The molecule has 0 radical (unpaired) electrons. The lowest BCUT2D eigenvalue weighted by Gasteiger charge is -2.12. The first-order valence-corrected chi connectivity index (χ1v) is 7.30. The molecular weight excluding hydrogens is 303 g/mol. The Labute approximate surface area is 115 Å². The highest BCUT2D eigenvalue weighted by Gasteiger charge is 2.14. The van der Waals surface area contributed by atoms with Crippen molar-refractivity contribution in [1.82, 2.24) is 0 Å². The molecule has 0 saturated carbocycles. The zero-order valence-corrected chi connectivity index (χ0v) is 12.2. The summed E-state index contributed by atoms with van der Waals surface area (Å²) in [5.41, 5.74) is 2.83. The standard InChI is InChI=1S/C13H16BrClO2/c1-2-17-13(16)12-6-3-5-10(9-14)11(12)7-4-8-15/h3,5-6H,2,4,7-9H2,1H3. The van der Waals surface area contributed by atoms with Crippen LogP contribution in [0, 0.1) is 0 Å². The summed E-state index contributed by atoms with van der Waals surface area (Å²) in [6, 6.07) is 5.71. The molecule has 94 valence electrons. The number of ether oxygens (including phenoxy) is 1. The Bertz CT molecular complexity index is 380. The van der Waals surface area contributed by atoms with Gasteiger partial charge in [0.2, 0.25) is 0 Å². The van der Waals surface area contributed by atoms with Crippen molar-refractivity contribution >= 4 is 33.5 Å². The number of rotatable bonds is 6. The maximum Gasteiger partial charge on any atom is 0.338 e. The van der Waals surface area contributed by atoms with Crippen LogP contribution in [0.4, 0.5) is 0 Å². The van der Waals surface area contributed by atoms with Crippen LogP contribution in [0.3, 0.4) is 0 Å². The first-order valence-electron chi connectivity index (χ1n) is 5.64. The molecule has 0 aliphatic rings. The Balaban J connectivity index is 3.05. The maximum atomic E-state index is 11.8. The first-order chi connectivity index (χ1) is 8.24. The van der Waals surface area contributed by atoms with E-state index in [1.54, 1.807) is 0 Å². The molecule has 0 bridgehead atoms. The SMILES string of the molecule is CCOC(=O)c1cccc(CBr)c1CCCCl. The van der Waals surface area contributed by atoms with Gasteiger partial charge in [0.1, 0.15) is 0 Å². The molecule has 2 nitrogen and oxygen atoms in total. The van der Waals surface area contributed by atoms with Crippen LogP contribution < -0.4 is 0 Å². The van der Waals surface area contributed by atoms with Gasteiger partial charge >= 0.3 is 5.97 Å². The number of carbonyl (C=O) groups excluding carboxylic acids is 1.